The summed E-state index contributed by atoms with van der Waals surface area (Å²) in [5.74, 6) is -2.37. The van der Waals surface area contributed by atoms with Gasteiger partial charge in [-0.15, -0.1) is 5.10 Å². The minimum Gasteiger partial charge on any atom is -0.383 e. The fraction of sp³-hybridized carbons (Fsp3) is 0.133. The first-order chi connectivity index (χ1) is 11.9. The molecule has 0 saturated carbocycles. The maximum absolute atomic E-state index is 14.1. The van der Waals surface area contributed by atoms with Crippen LogP contribution in [0.2, 0.25) is 0 Å². The second kappa shape index (κ2) is 6.23. The van der Waals surface area contributed by atoms with Crippen molar-refractivity contribution in [2.24, 2.45) is 0 Å². The molecule has 1 amide bonds. The van der Waals surface area contributed by atoms with Crippen LogP contribution in [0.5, 0.6) is 0 Å². The fourth-order valence-corrected chi connectivity index (χ4v) is 2.20. The molecule has 0 radical (unpaired) electrons. The van der Waals surface area contributed by atoms with Crippen LogP contribution >= 0.6 is 0 Å². The van der Waals surface area contributed by atoms with E-state index in [0.29, 0.717) is 0 Å². The molecule has 0 fully saturated rings. The lowest BCUT2D eigenvalue weighted by molar-refractivity contribution is 0.0827. The van der Waals surface area contributed by atoms with Gasteiger partial charge in [0.2, 0.25) is 0 Å². The molecule has 2 heterocycles. The van der Waals surface area contributed by atoms with Gasteiger partial charge in [0.15, 0.2) is 17.5 Å². The predicted molar refractivity (Wildman–Crippen MR) is 84.7 cm³/mol. The van der Waals surface area contributed by atoms with Crippen LogP contribution in [0.4, 0.5) is 14.6 Å². The van der Waals surface area contributed by atoms with E-state index < -0.39 is 11.6 Å². The van der Waals surface area contributed by atoms with Gasteiger partial charge >= 0.3 is 0 Å². The number of carbonyl (C=O) groups excluding carboxylic acids is 1. The lowest BCUT2D eigenvalue weighted by Crippen LogP contribution is -2.22. The molecule has 0 bridgehead atoms. The van der Waals surface area contributed by atoms with Crippen LogP contribution < -0.4 is 5.73 Å². The first-order valence-electron chi connectivity index (χ1n) is 7.10. The number of carbonyl (C=O) groups is 1. The summed E-state index contributed by atoms with van der Waals surface area (Å²) >= 11 is 0. The van der Waals surface area contributed by atoms with Crippen LogP contribution in [0.3, 0.4) is 0 Å². The Kier molecular flexibility index (Phi) is 4.09. The minimum atomic E-state index is -1.11. The zero-order valence-electron chi connectivity index (χ0n) is 13.3. The molecule has 0 spiro atoms. The number of rotatable bonds is 3. The Morgan fingerprint density at radius 1 is 1.28 bits per heavy atom. The van der Waals surface area contributed by atoms with E-state index in [-0.39, 0.29) is 34.4 Å². The van der Waals surface area contributed by atoms with Crippen LogP contribution in [0.15, 0.2) is 30.5 Å². The molecule has 0 aliphatic rings. The Bertz CT molecular complexity index is 955. The molecule has 10 heteroatoms. The highest BCUT2D eigenvalue weighted by Gasteiger charge is 2.20. The highest BCUT2D eigenvalue weighted by molar-refractivity contribution is 5.95. The molecule has 3 rings (SSSR count). The number of hydrogen-bond acceptors (Lipinski definition) is 6. The van der Waals surface area contributed by atoms with E-state index in [9.17, 15) is 13.6 Å². The monoisotopic (exact) mass is 345 g/mol. The normalized spacial score (nSPS) is 10.7. The third-order valence-corrected chi connectivity index (χ3v) is 3.44. The summed E-state index contributed by atoms with van der Waals surface area (Å²) in [6.07, 6.45) is 1.32. The average Bonchev–Trinajstić information content (AvgIpc) is 3.06. The van der Waals surface area contributed by atoms with Crippen LogP contribution in [0, 0.1) is 11.6 Å². The van der Waals surface area contributed by atoms with Crippen molar-refractivity contribution in [1.82, 2.24) is 30.1 Å². The Morgan fingerprint density at radius 3 is 2.76 bits per heavy atom. The first-order valence-corrected chi connectivity index (χ1v) is 7.10. The maximum atomic E-state index is 14.1. The third kappa shape index (κ3) is 2.89. The molecule has 2 N–H and O–H groups in total. The van der Waals surface area contributed by atoms with Crippen molar-refractivity contribution in [2.45, 2.75) is 0 Å². The van der Waals surface area contributed by atoms with Gasteiger partial charge in [-0.2, -0.15) is 4.68 Å². The molecule has 0 atom stereocenters. The van der Waals surface area contributed by atoms with Gasteiger partial charge in [0.1, 0.15) is 11.5 Å². The number of nitrogens with zero attached hydrogens (tertiary/aromatic N) is 6. The average molecular weight is 345 g/mol. The van der Waals surface area contributed by atoms with Gasteiger partial charge in [-0.1, -0.05) is 6.07 Å². The zero-order valence-corrected chi connectivity index (χ0v) is 13.3. The van der Waals surface area contributed by atoms with E-state index in [1.165, 1.54) is 29.3 Å². The lowest BCUT2D eigenvalue weighted by atomic mass is 10.1. The number of benzene rings is 1. The van der Waals surface area contributed by atoms with Gasteiger partial charge in [0, 0.05) is 20.3 Å². The quantitative estimate of drug-likeness (QED) is 0.767. The summed E-state index contributed by atoms with van der Waals surface area (Å²) in [5, 5.41) is 11.0. The van der Waals surface area contributed by atoms with Crippen molar-refractivity contribution < 1.29 is 13.6 Å². The molecule has 2 aromatic heterocycles. The number of aromatic nitrogens is 5. The number of anilines is 1. The summed E-state index contributed by atoms with van der Waals surface area (Å²) in [6.45, 7) is 0. The molecule has 128 valence electrons. The summed E-state index contributed by atoms with van der Waals surface area (Å²) in [5.41, 5.74) is 6.14. The topological polar surface area (TPSA) is 103 Å². The van der Waals surface area contributed by atoms with E-state index in [1.54, 1.807) is 14.1 Å². The van der Waals surface area contributed by atoms with E-state index in [4.69, 9.17) is 5.73 Å². The maximum Gasteiger partial charge on any atom is 0.254 e. The number of hydrogen-bond donors (Lipinski definition) is 1. The number of pyridine rings is 1. The Hall–Kier alpha value is -3.43. The van der Waals surface area contributed by atoms with Crippen molar-refractivity contribution in [3.8, 4) is 17.1 Å². The smallest absolute Gasteiger partial charge is 0.254 e. The molecule has 0 aliphatic heterocycles. The molecule has 3 aromatic rings. The highest BCUT2D eigenvalue weighted by atomic mass is 19.2. The molecular weight excluding hydrogens is 332 g/mol. The predicted octanol–water partition coefficient (Wildman–Crippen LogP) is 1.29. The van der Waals surface area contributed by atoms with E-state index >= 15 is 0 Å². The van der Waals surface area contributed by atoms with Crippen molar-refractivity contribution in [3.05, 3.63) is 47.7 Å². The van der Waals surface area contributed by atoms with Gasteiger partial charge in [0.05, 0.1) is 11.1 Å². The van der Waals surface area contributed by atoms with Crippen molar-refractivity contribution in [1.29, 1.82) is 0 Å². The van der Waals surface area contributed by atoms with E-state index in [0.717, 1.165) is 10.7 Å². The second-order valence-electron chi connectivity index (χ2n) is 5.34. The van der Waals surface area contributed by atoms with Gasteiger partial charge < -0.3 is 10.6 Å². The fourth-order valence-electron chi connectivity index (χ4n) is 2.20. The summed E-state index contributed by atoms with van der Waals surface area (Å²) in [6, 6.07) is 5.07. The Morgan fingerprint density at radius 2 is 2.04 bits per heavy atom. The van der Waals surface area contributed by atoms with Crippen LogP contribution in [-0.2, 0) is 0 Å². The molecule has 25 heavy (non-hydrogen) atoms. The number of tetrazole rings is 1. The van der Waals surface area contributed by atoms with Crippen LogP contribution in [0.1, 0.15) is 10.4 Å². The number of amides is 1. The largest absolute Gasteiger partial charge is 0.383 e. The van der Waals surface area contributed by atoms with Crippen LogP contribution in [0.25, 0.3) is 17.1 Å². The zero-order chi connectivity index (χ0) is 18.1. The molecule has 0 aliphatic carbocycles. The van der Waals surface area contributed by atoms with Crippen LogP contribution in [-0.4, -0.2) is 50.1 Å². The van der Waals surface area contributed by atoms with Gasteiger partial charge in [-0.05, 0) is 28.6 Å². The second-order valence-corrected chi connectivity index (χ2v) is 5.34. The minimum absolute atomic E-state index is 0.0305. The molecular formula is C15H13F2N7O. The summed E-state index contributed by atoms with van der Waals surface area (Å²) in [7, 11) is 3.18. The van der Waals surface area contributed by atoms with Crippen molar-refractivity contribution >= 4 is 11.7 Å². The standard InChI is InChI=1S/C15H13F2N7O/c1-23(2)15(25)8-6-9(13(18)19-7-8)14-20-21-22-24(14)11-5-3-4-10(16)12(11)17/h3-7H,1-2H3,(H2,18,19). The summed E-state index contributed by atoms with van der Waals surface area (Å²) in [4.78, 5) is 17.4. The van der Waals surface area contributed by atoms with Crippen molar-refractivity contribution in [2.75, 3.05) is 19.8 Å². The molecule has 1 aromatic carbocycles. The molecule has 8 nitrogen and oxygen atoms in total. The van der Waals surface area contributed by atoms with E-state index in [1.807, 2.05) is 0 Å². The van der Waals surface area contributed by atoms with E-state index in [2.05, 4.69) is 20.5 Å². The van der Waals surface area contributed by atoms with Gasteiger partial charge in [-0.3, -0.25) is 4.79 Å². The Labute approximate surface area is 140 Å². The third-order valence-electron chi connectivity index (χ3n) is 3.44. The Balaban J connectivity index is 2.16. The van der Waals surface area contributed by atoms with Crippen molar-refractivity contribution in [3.63, 3.8) is 0 Å². The molecule has 0 unspecified atom stereocenters. The number of halogens is 2. The number of nitrogen functional groups attached to an aromatic ring is 1. The van der Waals surface area contributed by atoms with Gasteiger partial charge in [0.25, 0.3) is 5.91 Å². The summed E-state index contributed by atoms with van der Waals surface area (Å²) < 4.78 is 28.6. The number of nitrogens with two attached hydrogens (primary N) is 1. The highest BCUT2D eigenvalue weighted by Crippen LogP contribution is 2.26. The molecule has 0 saturated heterocycles. The van der Waals surface area contributed by atoms with Gasteiger partial charge in [-0.25, -0.2) is 13.8 Å². The SMILES string of the molecule is CN(C)C(=O)c1cnc(N)c(-c2nnnn2-c2cccc(F)c2F)c1. The lowest BCUT2D eigenvalue weighted by Gasteiger charge is -2.12. The first kappa shape index (κ1) is 16.4.